The van der Waals surface area contributed by atoms with Crippen LogP contribution in [0, 0.1) is 11.3 Å². The fourth-order valence-corrected chi connectivity index (χ4v) is 1.75. The van der Waals surface area contributed by atoms with Crippen LogP contribution in [0.1, 0.15) is 16.7 Å². The van der Waals surface area contributed by atoms with Crippen LogP contribution in [0.4, 0.5) is 24.7 Å². The molecule has 0 amide bonds. The third-order valence-corrected chi connectivity index (χ3v) is 2.82. The van der Waals surface area contributed by atoms with Crippen LogP contribution < -0.4 is 11.1 Å². The van der Waals surface area contributed by atoms with E-state index in [1.165, 1.54) is 18.3 Å². The van der Waals surface area contributed by atoms with Gasteiger partial charge in [-0.2, -0.15) is 18.4 Å². The lowest BCUT2D eigenvalue weighted by molar-refractivity contribution is -0.137. The average molecular weight is 292 g/mol. The van der Waals surface area contributed by atoms with Crippen LogP contribution in [0.3, 0.4) is 0 Å². The highest BCUT2D eigenvalue weighted by Crippen LogP contribution is 2.29. The van der Waals surface area contributed by atoms with Gasteiger partial charge in [-0.1, -0.05) is 12.1 Å². The lowest BCUT2D eigenvalue weighted by atomic mass is 10.1. The number of nitriles is 1. The summed E-state index contributed by atoms with van der Waals surface area (Å²) in [5, 5.41) is 11.7. The molecule has 108 valence electrons. The van der Waals surface area contributed by atoms with Crippen molar-refractivity contribution in [3.63, 3.8) is 0 Å². The molecule has 4 nitrogen and oxygen atoms in total. The Balaban J connectivity index is 2.16. The number of alkyl halides is 3. The monoisotopic (exact) mass is 292 g/mol. The SMILES string of the molecule is N#Cc1ccnc(NCc2cccc(C(F)(F)F)c2)c1N. The molecule has 0 atom stereocenters. The molecule has 0 radical (unpaired) electrons. The summed E-state index contributed by atoms with van der Waals surface area (Å²) >= 11 is 0. The highest BCUT2D eigenvalue weighted by atomic mass is 19.4. The van der Waals surface area contributed by atoms with Gasteiger partial charge in [0.15, 0.2) is 5.82 Å². The standard InChI is InChI=1S/C14H11F3N4/c15-14(16,17)11-3-1-2-9(6-11)8-21-13-12(19)10(7-18)4-5-20-13/h1-6H,8,19H2,(H,20,21). The molecule has 1 heterocycles. The molecule has 0 aliphatic carbocycles. The van der Waals surface area contributed by atoms with E-state index in [0.717, 1.165) is 12.1 Å². The molecule has 0 unspecified atom stereocenters. The molecule has 0 fully saturated rings. The molecule has 0 aliphatic heterocycles. The summed E-state index contributed by atoms with van der Waals surface area (Å²) in [6.07, 6.45) is -2.97. The first kappa shape index (κ1) is 14.7. The third-order valence-electron chi connectivity index (χ3n) is 2.82. The zero-order valence-electron chi connectivity index (χ0n) is 10.8. The lowest BCUT2D eigenvalue weighted by Gasteiger charge is -2.11. The van der Waals surface area contributed by atoms with Gasteiger partial charge in [-0.25, -0.2) is 4.98 Å². The van der Waals surface area contributed by atoms with Crippen molar-refractivity contribution in [1.29, 1.82) is 5.26 Å². The summed E-state index contributed by atoms with van der Waals surface area (Å²) in [4.78, 5) is 3.96. The number of nitrogens with one attached hydrogen (secondary N) is 1. The van der Waals surface area contributed by atoms with Crippen LogP contribution in [0.15, 0.2) is 36.5 Å². The number of pyridine rings is 1. The summed E-state index contributed by atoms with van der Waals surface area (Å²) in [6, 6.07) is 8.33. The van der Waals surface area contributed by atoms with Gasteiger partial charge < -0.3 is 11.1 Å². The van der Waals surface area contributed by atoms with E-state index < -0.39 is 11.7 Å². The Hall–Kier alpha value is -2.75. The molecule has 21 heavy (non-hydrogen) atoms. The second kappa shape index (κ2) is 5.71. The maximum atomic E-state index is 12.6. The van der Waals surface area contributed by atoms with Crippen molar-refractivity contribution in [2.45, 2.75) is 12.7 Å². The van der Waals surface area contributed by atoms with E-state index in [9.17, 15) is 13.2 Å². The molecule has 2 rings (SSSR count). The Kier molecular flexibility index (Phi) is 3.98. The number of nitrogen functional groups attached to an aromatic ring is 1. The maximum absolute atomic E-state index is 12.6. The van der Waals surface area contributed by atoms with Crippen molar-refractivity contribution in [3.8, 4) is 6.07 Å². The van der Waals surface area contributed by atoms with E-state index in [-0.39, 0.29) is 23.6 Å². The summed E-state index contributed by atoms with van der Waals surface area (Å²) in [5.41, 5.74) is 5.89. The number of nitrogens with two attached hydrogens (primary N) is 1. The largest absolute Gasteiger partial charge is 0.416 e. The molecule has 2 aromatic rings. The highest BCUT2D eigenvalue weighted by Gasteiger charge is 2.30. The summed E-state index contributed by atoms with van der Waals surface area (Å²) < 4.78 is 37.8. The van der Waals surface area contributed by atoms with Crippen LogP contribution in [0.5, 0.6) is 0 Å². The summed E-state index contributed by atoms with van der Waals surface area (Å²) in [6.45, 7) is 0.121. The molecule has 1 aromatic carbocycles. The minimum absolute atomic E-state index is 0.121. The number of nitrogens with zero attached hydrogens (tertiary/aromatic N) is 2. The first-order chi connectivity index (χ1) is 9.91. The van der Waals surface area contributed by atoms with Gasteiger partial charge in [0.05, 0.1) is 16.8 Å². The molecule has 0 saturated carbocycles. The second-order valence-electron chi connectivity index (χ2n) is 4.28. The minimum atomic E-state index is -4.38. The number of hydrogen-bond acceptors (Lipinski definition) is 4. The van der Waals surface area contributed by atoms with Gasteiger partial charge in [0.2, 0.25) is 0 Å². The fourth-order valence-electron chi connectivity index (χ4n) is 1.75. The quantitative estimate of drug-likeness (QED) is 0.911. The van der Waals surface area contributed by atoms with Crippen molar-refractivity contribution < 1.29 is 13.2 Å². The van der Waals surface area contributed by atoms with E-state index >= 15 is 0 Å². The molecular weight excluding hydrogens is 281 g/mol. The lowest BCUT2D eigenvalue weighted by Crippen LogP contribution is -2.08. The van der Waals surface area contributed by atoms with Crippen LogP contribution in [0.2, 0.25) is 0 Å². The predicted molar refractivity (Wildman–Crippen MR) is 72.1 cm³/mol. The summed E-state index contributed by atoms with van der Waals surface area (Å²) in [7, 11) is 0. The first-order valence-corrected chi connectivity index (χ1v) is 5.96. The minimum Gasteiger partial charge on any atom is -0.395 e. The molecule has 0 bridgehead atoms. The van der Waals surface area contributed by atoms with Gasteiger partial charge in [0.1, 0.15) is 6.07 Å². The molecular formula is C14H11F3N4. The van der Waals surface area contributed by atoms with Crippen LogP contribution >= 0.6 is 0 Å². The van der Waals surface area contributed by atoms with Crippen molar-refractivity contribution in [2.75, 3.05) is 11.1 Å². The van der Waals surface area contributed by atoms with Crippen LogP contribution in [-0.2, 0) is 12.7 Å². The number of anilines is 2. The van der Waals surface area contributed by atoms with E-state index in [2.05, 4.69) is 10.3 Å². The van der Waals surface area contributed by atoms with Gasteiger partial charge >= 0.3 is 6.18 Å². The van der Waals surface area contributed by atoms with Gasteiger partial charge in [0.25, 0.3) is 0 Å². The average Bonchev–Trinajstić information content (AvgIpc) is 2.45. The van der Waals surface area contributed by atoms with Gasteiger partial charge in [-0.15, -0.1) is 0 Å². The molecule has 3 N–H and O–H groups in total. The zero-order chi connectivity index (χ0) is 15.5. The van der Waals surface area contributed by atoms with Crippen molar-refractivity contribution in [3.05, 3.63) is 53.2 Å². The van der Waals surface area contributed by atoms with Gasteiger partial charge in [-0.05, 0) is 23.8 Å². The van der Waals surface area contributed by atoms with E-state index in [4.69, 9.17) is 11.0 Å². The van der Waals surface area contributed by atoms with Crippen molar-refractivity contribution in [1.82, 2.24) is 4.98 Å². The number of hydrogen-bond donors (Lipinski definition) is 2. The fraction of sp³-hybridized carbons (Fsp3) is 0.143. The number of rotatable bonds is 3. The normalized spacial score (nSPS) is 11.0. The molecule has 0 aliphatic rings. The van der Waals surface area contributed by atoms with Crippen LogP contribution in [0.25, 0.3) is 0 Å². The van der Waals surface area contributed by atoms with E-state index in [1.54, 1.807) is 6.07 Å². The Morgan fingerprint density at radius 3 is 2.71 bits per heavy atom. The Bertz CT molecular complexity index is 689. The van der Waals surface area contributed by atoms with Crippen LogP contribution in [-0.4, -0.2) is 4.98 Å². The van der Waals surface area contributed by atoms with Gasteiger partial charge in [0, 0.05) is 12.7 Å². The topological polar surface area (TPSA) is 74.7 Å². The number of halogens is 3. The maximum Gasteiger partial charge on any atom is 0.416 e. The first-order valence-electron chi connectivity index (χ1n) is 5.96. The Labute approximate surface area is 119 Å². The highest BCUT2D eigenvalue weighted by molar-refractivity contribution is 5.68. The molecule has 0 saturated heterocycles. The van der Waals surface area contributed by atoms with Crippen molar-refractivity contribution >= 4 is 11.5 Å². The van der Waals surface area contributed by atoms with E-state index in [1.807, 2.05) is 6.07 Å². The molecule has 0 spiro atoms. The third kappa shape index (κ3) is 3.42. The van der Waals surface area contributed by atoms with E-state index in [0.29, 0.717) is 5.56 Å². The second-order valence-corrected chi connectivity index (χ2v) is 4.28. The number of aromatic nitrogens is 1. The Morgan fingerprint density at radius 2 is 2.05 bits per heavy atom. The zero-order valence-corrected chi connectivity index (χ0v) is 10.8. The Morgan fingerprint density at radius 1 is 1.29 bits per heavy atom. The molecule has 7 heteroatoms. The number of benzene rings is 1. The summed E-state index contributed by atoms with van der Waals surface area (Å²) in [5.74, 6) is 0.270. The van der Waals surface area contributed by atoms with Gasteiger partial charge in [-0.3, -0.25) is 0 Å². The van der Waals surface area contributed by atoms with Crippen molar-refractivity contribution in [2.24, 2.45) is 0 Å². The molecule has 1 aromatic heterocycles. The smallest absolute Gasteiger partial charge is 0.395 e. The predicted octanol–water partition coefficient (Wildman–Crippen LogP) is 3.17.